The molecule has 0 unspecified atom stereocenters. The second-order valence-electron chi connectivity index (χ2n) is 6.47. The summed E-state index contributed by atoms with van der Waals surface area (Å²) >= 11 is 0. The summed E-state index contributed by atoms with van der Waals surface area (Å²) in [4.78, 5) is 25.5. The van der Waals surface area contributed by atoms with E-state index >= 15 is 0 Å². The predicted molar refractivity (Wildman–Crippen MR) is 101 cm³/mol. The molecule has 2 amide bonds. The molecule has 0 spiro atoms. The maximum atomic E-state index is 13.4. The van der Waals surface area contributed by atoms with Crippen molar-refractivity contribution in [3.05, 3.63) is 59.9 Å². The van der Waals surface area contributed by atoms with Crippen LogP contribution in [0, 0.1) is 5.82 Å². The number of hydrogen-bond acceptors (Lipinski definition) is 3. The topological polar surface area (TPSA) is 58.6 Å². The van der Waals surface area contributed by atoms with Crippen molar-refractivity contribution in [1.29, 1.82) is 0 Å². The first-order chi connectivity index (χ1) is 13.1. The van der Waals surface area contributed by atoms with Gasteiger partial charge in [-0.05, 0) is 42.7 Å². The summed E-state index contributed by atoms with van der Waals surface area (Å²) in [5, 5.41) is 2.86. The van der Waals surface area contributed by atoms with Gasteiger partial charge in [0, 0.05) is 31.6 Å². The van der Waals surface area contributed by atoms with Gasteiger partial charge in [0.2, 0.25) is 11.8 Å². The third kappa shape index (κ3) is 5.29. The van der Waals surface area contributed by atoms with Crippen LogP contribution in [0.3, 0.4) is 0 Å². The molecule has 2 aromatic carbocycles. The Balaban J connectivity index is 1.36. The minimum atomic E-state index is -0.402. The van der Waals surface area contributed by atoms with E-state index in [1.54, 1.807) is 23.1 Å². The van der Waals surface area contributed by atoms with Crippen LogP contribution in [0.2, 0.25) is 0 Å². The third-order valence-electron chi connectivity index (χ3n) is 4.45. The van der Waals surface area contributed by atoms with Crippen molar-refractivity contribution >= 4 is 17.5 Å². The fourth-order valence-electron chi connectivity index (χ4n) is 2.98. The van der Waals surface area contributed by atoms with Crippen molar-refractivity contribution in [3.8, 4) is 5.75 Å². The van der Waals surface area contributed by atoms with Gasteiger partial charge in [0.15, 0.2) is 11.6 Å². The lowest BCUT2D eigenvalue weighted by atomic mass is 10.2. The van der Waals surface area contributed by atoms with E-state index in [4.69, 9.17) is 4.74 Å². The molecule has 1 heterocycles. The number of benzene rings is 2. The van der Waals surface area contributed by atoms with Gasteiger partial charge >= 0.3 is 0 Å². The summed E-state index contributed by atoms with van der Waals surface area (Å²) in [6.07, 6.45) is 2.33. The van der Waals surface area contributed by atoms with E-state index in [9.17, 15) is 14.0 Å². The number of para-hydroxylation sites is 1. The SMILES string of the molecule is O=C(CCCOc1ccccc1F)NCc1ccc(N2CCCC2=O)cc1. The highest BCUT2D eigenvalue weighted by atomic mass is 19.1. The summed E-state index contributed by atoms with van der Waals surface area (Å²) < 4.78 is 18.7. The summed E-state index contributed by atoms with van der Waals surface area (Å²) in [7, 11) is 0. The minimum Gasteiger partial charge on any atom is -0.491 e. The standard InChI is InChI=1S/C21H23FN2O3/c22-18-5-1-2-6-19(18)27-14-4-7-20(25)23-15-16-9-11-17(12-10-16)24-13-3-8-21(24)26/h1-2,5-6,9-12H,3-4,7-8,13-15H2,(H,23,25). The van der Waals surface area contributed by atoms with Crippen LogP contribution in [0.4, 0.5) is 10.1 Å². The fraction of sp³-hybridized carbons (Fsp3) is 0.333. The lowest BCUT2D eigenvalue weighted by Gasteiger charge is -2.16. The zero-order chi connectivity index (χ0) is 19.1. The largest absolute Gasteiger partial charge is 0.491 e. The smallest absolute Gasteiger partial charge is 0.227 e. The predicted octanol–water partition coefficient (Wildman–Crippen LogP) is 3.43. The van der Waals surface area contributed by atoms with E-state index in [2.05, 4.69) is 5.32 Å². The average Bonchev–Trinajstić information content (AvgIpc) is 3.11. The van der Waals surface area contributed by atoms with E-state index in [0.717, 1.165) is 24.2 Å². The zero-order valence-electron chi connectivity index (χ0n) is 15.1. The quantitative estimate of drug-likeness (QED) is 0.725. The van der Waals surface area contributed by atoms with Crippen molar-refractivity contribution < 1.29 is 18.7 Å². The molecule has 142 valence electrons. The Morgan fingerprint density at radius 3 is 2.63 bits per heavy atom. The normalized spacial score (nSPS) is 13.7. The Kier molecular flexibility index (Phi) is 6.41. The van der Waals surface area contributed by atoms with Gasteiger partial charge in [-0.1, -0.05) is 24.3 Å². The number of anilines is 1. The molecule has 0 radical (unpaired) electrons. The molecule has 6 heteroatoms. The Bertz CT molecular complexity index is 792. The number of ether oxygens (including phenoxy) is 1. The highest BCUT2D eigenvalue weighted by Gasteiger charge is 2.21. The van der Waals surface area contributed by atoms with Crippen LogP contribution < -0.4 is 15.0 Å². The summed E-state index contributed by atoms with van der Waals surface area (Å²) in [6.45, 7) is 1.48. The average molecular weight is 370 g/mol. The molecule has 1 aliphatic rings. The molecule has 0 bridgehead atoms. The van der Waals surface area contributed by atoms with Crippen molar-refractivity contribution in [1.82, 2.24) is 5.32 Å². The summed E-state index contributed by atoms with van der Waals surface area (Å²) in [5.74, 6) is -0.116. The first kappa shape index (κ1) is 18.9. The summed E-state index contributed by atoms with van der Waals surface area (Å²) in [6, 6.07) is 13.9. The molecule has 5 nitrogen and oxygen atoms in total. The number of halogens is 1. The van der Waals surface area contributed by atoms with Gasteiger partial charge in [0.05, 0.1) is 6.61 Å². The number of amides is 2. The van der Waals surface area contributed by atoms with Gasteiger partial charge < -0.3 is 15.0 Å². The fourth-order valence-corrected chi connectivity index (χ4v) is 2.98. The first-order valence-corrected chi connectivity index (χ1v) is 9.17. The number of nitrogens with one attached hydrogen (secondary N) is 1. The molecule has 0 aromatic heterocycles. The zero-order valence-corrected chi connectivity index (χ0v) is 15.1. The molecule has 3 rings (SSSR count). The van der Waals surface area contributed by atoms with Crippen molar-refractivity contribution in [3.63, 3.8) is 0 Å². The molecule has 0 atom stereocenters. The monoisotopic (exact) mass is 370 g/mol. The number of carbonyl (C=O) groups is 2. The molecule has 27 heavy (non-hydrogen) atoms. The molecular weight excluding hydrogens is 347 g/mol. The van der Waals surface area contributed by atoms with E-state index in [1.165, 1.54) is 6.07 Å². The van der Waals surface area contributed by atoms with Crippen LogP contribution in [0.5, 0.6) is 5.75 Å². The Labute approximate surface area is 158 Å². The number of carbonyl (C=O) groups excluding carboxylic acids is 2. The maximum Gasteiger partial charge on any atom is 0.227 e. The van der Waals surface area contributed by atoms with Gasteiger partial charge in [0.25, 0.3) is 0 Å². The van der Waals surface area contributed by atoms with Crippen molar-refractivity contribution in [2.75, 3.05) is 18.1 Å². The van der Waals surface area contributed by atoms with Crippen LogP contribution in [0.1, 0.15) is 31.2 Å². The van der Waals surface area contributed by atoms with E-state index in [0.29, 0.717) is 25.8 Å². The van der Waals surface area contributed by atoms with Crippen molar-refractivity contribution in [2.45, 2.75) is 32.2 Å². The van der Waals surface area contributed by atoms with Gasteiger partial charge in [-0.3, -0.25) is 9.59 Å². The molecular formula is C21H23FN2O3. The van der Waals surface area contributed by atoms with Crippen LogP contribution in [-0.4, -0.2) is 25.0 Å². The Hall–Kier alpha value is -2.89. The highest BCUT2D eigenvalue weighted by molar-refractivity contribution is 5.95. The summed E-state index contributed by atoms with van der Waals surface area (Å²) in [5.41, 5.74) is 1.87. The lowest BCUT2D eigenvalue weighted by molar-refractivity contribution is -0.121. The molecule has 0 aliphatic carbocycles. The van der Waals surface area contributed by atoms with E-state index < -0.39 is 5.82 Å². The molecule has 0 saturated carbocycles. The number of nitrogens with zero attached hydrogens (tertiary/aromatic N) is 1. The number of rotatable bonds is 8. The van der Waals surface area contributed by atoms with Crippen molar-refractivity contribution in [2.24, 2.45) is 0 Å². The second kappa shape index (κ2) is 9.16. The van der Waals surface area contributed by atoms with Crippen LogP contribution in [-0.2, 0) is 16.1 Å². The second-order valence-corrected chi connectivity index (χ2v) is 6.47. The first-order valence-electron chi connectivity index (χ1n) is 9.17. The van der Waals surface area contributed by atoms with E-state index in [-0.39, 0.29) is 24.2 Å². The Morgan fingerprint density at radius 1 is 1.15 bits per heavy atom. The van der Waals surface area contributed by atoms with E-state index in [1.807, 2.05) is 24.3 Å². The number of hydrogen-bond donors (Lipinski definition) is 1. The van der Waals surface area contributed by atoms with Gasteiger partial charge in [-0.2, -0.15) is 0 Å². The highest BCUT2D eigenvalue weighted by Crippen LogP contribution is 2.21. The molecule has 1 aliphatic heterocycles. The minimum absolute atomic E-state index is 0.0778. The third-order valence-corrected chi connectivity index (χ3v) is 4.45. The molecule has 1 saturated heterocycles. The maximum absolute atomic E-state index is 13.4. The molecule has 1 N–H and O–H groups in total. The van der Waals surface area contributed by atoms with Gasteiger partial charge in [-0.25, -0.2) is 4.39 Å². The van der Waals surface area contributed by atoms with Gasteiger partial charge in [0.1, 0.15) is 0 Å². The molecule has 1 fully saturated rings. The van der Waals surface area contributed by atoms with Crippen LogP contribution >= 0.6 is 0 Å². The Morgan fingerprint density at radius 2 is 1.93 bits per heavy atom. The molecule has 2 aromatic rings. The van der Waals surface area contributed by atoms with Gasteiger partial charge in [-0.15, -0.1) is 0 Å². The van der Waals surface area contributed by atoms with Crippen LogP contribution in [0.15, 0.2) is 48.5 Å². The van der Waals surface area contributed by atoms with Crippen LogP contribution in [0.25, 0.3) is 0 Å². The lowest BCUT2D eigenvalue weighted by Crippen LogP contribution is -2.24.